The van der Waals surface area contributed by atoms with Crippen molar-refractivity contribution in [2.45, 2.75) is 26.4 Å². The zero-order chi connectivity index (χ0) is 16.0. The largest absolute Gasteiger partial charge is 0.508 e. The second-order valence-corrected chi connectivity index (χ2v) is 5.42. The van der Waals surface area contributed by atoms with Gasteiger partial charge in [-0.3, -0.25) is 4.79 Å². The van der Waals surface area contributed by atoms with Gasteiger partial charge < -0.3 is 25.6 Å². The van der Waals surface area contributed by atoms with Crippen LogP contribution < -0.4 is 10.6 Å². The molecule has 0 bridgehead atoms. The number of ether oxygens (including phenoxy) is 1. The van der Waals surface area contributed by atoms with E-state index in [2.05, 4.69) is 10.6 Å². The Hall–Kier alpha value is -2.44. The maximum absolute atomic E-state index is 11.7. The monoisotopic (exact) mass is 296 g/mol. The van der Waals surface area contributed by atoms with Crippen LogP contribution in [0.4, 0.5) is 4.79 Å². The summed E-state index contributed by atoms with van der Waals surface area (Å²) in [5.74, 6) is -0.869. The summed E-state index contributed by atoms with van der Waals surface area (Å²) in [6.07, 6.45) is -0.563. The molecule has 4 N–H and O–H groups in total. The number of carbonyl (C=O) groups is 2. The van der Waals surface area contributed by atoms with Gasteiger partial charge >= 0.3 is 6.09 Å². The van der Waals surface area contributed by atoms with Gasteiger partial charge in [0.05, 0.1) is 0 Å². The van der Waals surface area contributed by atoms with Crippen LogP contribution in [0.1, 0.15) is 31.1 Å². The van der Waals surface area contributed by atoms with E-state index in [-0.39, 0.29) is 30.2 Å². The summed E-state index contributed by atoms with van der Waals surface area (Å²) in [7, 11) is 0. The minimum Gasteiger partial charge on any atom is -0.508 e. The van der Waals surface area contributed by atoms with Gasteiger partial charge in [-0.05, 0) is 32.9 Å². The SMILES string of the molecule is CC(C)(C)OC(=O)NCCNC(=O)c1cc(O)cc(O)c1. The van der Waals surface area contributed by atoms with Crippen LogP contribution in [0.3, 0.4) is 0 Å². The topological polar surface area (TPSA) is 108 Å². The van der Waals surface area contributed by atoms with Crippen molar-refractivity contribution in [3.05, 3.63) is 23.8 Å². The van der Waals surface area contributed by atoms with E-state index in [1.165, 1.54) is 12.1 Å². The molecule has 116 valence electrons. The van der Waals surface area contributed by atoms with E-state index in [1.807, 2.05) is 0 Å². The minimum atomic E-state index is -0.577. The van der Waals surface area contributed by atoms with E-state index in [9.17, 15) is 19.8 Å². The first-order chi connectivity index (χ1) is 9.67. The Morgan fingerprint density at radius 1 is 1.05 bits per heavy atom. The molecule has 2 amide bonds. The molecule has 0 aliphatic carbocycles. The summed E-state index contributed by atoms with van der Waals surface area (Å²) in [6, 6.07) is 3.59. The Morgan fingerprint density at radius 2 is 1.57 bits per heavy atom. The van der Waals surface area contributed by atoms with Crippen molar-refractivity contribution < 1.29 is 24.5 Å². The number of hydrogen-bond acceptors (Lipinski definition) is 5. The maximum atomic E-state index is 11.7. The van der Waals surface area contributed by atoms with Gasteiger partial charge in [0, 0.05) is 24.7 Å². The lowest BCUT2D eigenvalue weighted by Gasteiger charge is -2.19. The zero-order valence-electron chi connectivity index (χ0n) is 12.3. The molecule has 0 aliphatic rings. The van der Waals surface area contributed by atoms with Crippen LogP contribution >= 0.6 is 0 Å². The number of benzene rings is 1. The molecular formula is C14H20N2O5. The molecule has 0 saturated heterocycles. The van der Waals surface area contributed by atoms with Gasteiger partial charge in [-0.25, -0.2) is 4.79 Å². The molecule has 7 heteroatoms. The lowest BCUT2D eigenvalue weighted by molar-refractivity contribution is 0.0526. The molecule has 0 aromatic heterocycles. The van der Waals surface area contributed by atoms with E-state index < -0.39 is 17.6 Å². The summed E-state index contributed by atoms with van der Waals surface area (Å²) >= 11 is 0. The highest BCUT2D eigenvalue weighted by molar-refractivity contribution is 5.95. The van der Waals surface area contributed by atoms with Crippen molar-refractivity contribution in [3.8, 4) is 11.5 Å². The summed E-state index contributed by atoms with van der Waals surface area (Å²) in [5.41, 5.74) is -0.448. The maximum Gasteiger partial charge on any atom is 0.407 e. The van der Waals surface area contributed by atoms with Gasteiger partial charge in [0.2, 0.25) is 0 Å². The minimum absolute atomic E-state index is 0.129. The Balaban J connectivity index is 2.36. The molecule has 0 aliphatic heterocycles. The molecule has 1 aromatic carbocycles. The Bertz CT molecular complexity index is 502. The van der Waals surface area contributed by atoms with Gasteiger partial charge in [-0.1, -0.05) is 0 Å². The Kier molecular flexibility index (Phi) is 5.40. The van der Waals surface area contributed by atoms with Gasteiger partial charge in [0.1, 0.15) is 17.1 Å². The fraction of sp³-hybridized carbons (Fsp3) is 0.429. The first-order valence-corrected chi connectivity index (χ1v) is 6.45. The summed E-state index contributed by atoms with van der Waals surface area (Å²) < 4.78 is 5.03. The number of phenols is 2. The van der Waals surface area contributed by atoms with Crippen molar-refractivity contribution in [2.24, 2.45) is 0 Å². The molecule has 0 atom stereocenters. The van der Waals surface area contributed by atoms with Crippen molar-refractivity contribution in [3.63, 3.8) is 0 Å². The first kappa shape index (κ1) is 16.6. The van der Waals surface area contributed by atoms with Crippen LogP contribution in [0.15, 0.2) is 18.2 Å². The van der Waals surface area contributed by atoms with Crippen LogP contribution in [-0.2, 0) is 4.74 Å². The van der Waals surface area contributed by atoms with Gasteiger partial charge in [0.15, 0.2) is 0 Å². The molecule has 0 fully saturated rings. The second kappa shape index (κ2) is 6.83. The summed E-state index contributed by atoms with van der Waals surface area (Å²) in [5, 5.41) is 23.6. The molecule has 0 radical (unpaired) electrons. The van der Waals surface area contributed by atoms with E-state index in [0.717, 1.165) is 6.07 Å². The molecule has 0 saturated carbocycles. The third-order valence-electron chi connectivity index (χ3n) is 2.24. The lowest BCUT2D eigenvalue weighted by atomic mass is 10.2. The first-order valence-electron chi connectivity index (χ1n) is 6.45. The van der Waals surface area contributed by atoms with Gasteiger partial charge in [0.25, 0.3) is 5.91 Å². The molecule has 1 aromatic rings. The molecular weight excluding hydrogens is 276 g/mol. The van der Waals surface area contributed by atoms with Crippen molar-refractivity contribution in [2.75, 3.05) is 13.1 Å². The molecule has 0 unspecified atom stereocenters. The number of nitrogens with one attached hydrogen (secondary N) is 2. The highest BCUT2D eigenvalue weighted by Crippen LogP contribution is 2.20. The molecule has 0 spiro atoms. The van der Waals surface area contributed by atoms with Crippen molar-refractivity contribution >= 4 is 12.0 Å². The number of amides is 2. The normalized spacial score (nSPS) is 10.8. The smallest absolute Gasteiger partial charge is 0.407 e. The van der Waals surface area contributed by atoms with Crippen LogP contribution in [0.5, 0.6) is 11.5 Å². The van der Waals surface area contributed by atoms with Crippen LogP contribution in [0.2, 0.25) is 0 Å². The third kappa shape index (κ3) is 6.51. The number of aromatic hydroxyl groups is 2. The van der Waals surface area contributed by atoms with E-state index >= 15 is 0 Å². The van der Waals surface area contributed by atoms with E-state index in [4.69, 9.17) is 4.74 Å². The van der Waals surface area contributed by atoms with Crippen molar-refractivity contribution in [1.82, 2.24) is 10.6 Å². The van der Waals surface area contributed by atoms with Crippen molar-refractivity contribution in [1.29, 1.82) is 0 Å². The van der Waals surface area contributed by atoms with Crippen LogP contribution in [0.25, 0.3) is 0 Å². The average molecular weight is 296 g/mol. The molecule has 21 heavy (non-hydrogen) atoms. The number of rotatable bonds is 4. The Labute approximate surface area is 122 Å². The molecule has 7 nitrogen and oxygen atoms in total. The van der Waals surface area contributed by atoms with E-state index in [1.54, 1.807) is 20.8 Å². The zero-order valence-corrected chi connectivity index (χ0v) is 12.3. The Morgan fingerprint density at radius 3 is 2.10 bits per heavy atom. The second-order valence-electron chi connectivity index (χ2n) is 5.42. The molecule has 0 heterocycles. The summed E-state index contributed by atoms with van der Waals surface area (Å²) in [6.45, 7) is 5.65. The lowest BCUT2D eigenvalue weighted by Crippen LogP contribution is -2.37. The van der Waals surface area contributed by atoms with Gasteiger partial charge in [-0.2, -0.15) is 0 Å². The average Bonchev–Trinajstić information content (AvgIpc) is 2.31. The number of phenolic OH excluding ortho intramolecular Hbond substituents is 2. The quantitative estimate of drug-likeness (QED) is 0.627. The highest BCUT2D eigenvalue weighted by Gasteiger charge is 2.15. The fourth-order valence-corrected chi connectivity index (χ4v) is 1.48. The van der Waals surface area contributed by atoms with Crippen LogP contribution in [0, 0.1) is 0 Å². The predicted octanol–water partition coefficient (Wildman–Crippen LogP) is 1.35. The highest BCUT2D eigenvalue weighted by atomic mass is 16.6. The predicted molar refractivity (Wildman–Crippen MR) is 76.3 cm³/mol. The molecule has 1 rings (SSSR count). The van der Waals surface area contributed by atoms with Gasteiger partial charge in [-0.15, -0.1) is 0 Å². The number of alkyl carbamates (subject to hydrolysis) is 1. The number of carbonyl (C=O) groups excluding carboxylic acids is 2. The van der Waals surface area contributed by atoms with Crippen LogP contribution in [-0.4, -0.2) is 40.9 Å². The number of hydrogen-bond donors (Lipinski definition) is 4. The fourth-order valence-electron chi connectivity index (χ4n) is 1.48. The van der Waals surface area contributed by atoms with E-state index in [0.29, 0.717) is 0 Å². The third-order valence-corrected chi connectivity index (χ3v) is 2.24. The summed E-state index contributed by atoms with van der Waals surface area (Å²) in [4.78, 5) is 23.1. The standard InChI is InChI=1S/C14H20N2O5/c1-14(2,3)21-13(20)16-5-4-15-12(19)9-6-10(17)8-11(18)7-9/h6-8,17-18H,4-5H2,1-3H3,(H,15,19)(H,16,20).